The van der Waals surface area contributed by atoms with Crippen molar-refractivity contribution in [1.29, 1.82) is 0 Å². The van der Waals surface area contributed by atoms with E-state index < -0.39 is 0 Å². The van der Waals surface area contributed by atoms with Crippen LogP contribution in [0.15, 0.2) is 29.3 Å². The maximum absolute atomic E-state index is 12.9. The van der Waals surface area contributed by atoms with E-state index in [1.165, 1.54) is 11.8 Å². The second-order valence-corrected chi connectivity index (χ2v) is 7.94. The number of hydrogen-bond donors (Lipinski definition) is 1. The Bertz CT molecular complexity index is 806. The Hall–Kier alpha value is -2.08. The van der Waals surface area contributed by atoms with Gasteiger partial charge in [-0.05, 0) is 51.6 Å². The molecule has 1 atom stereocenters. The van der Waals surface area contributed by atoms with E-state index in [2.05, 4.69) is 15.3 Å². The van der Waals surface area contributed by atoms with E-state index in [1.807, 2.05) is 72.1 Å². The minimum absolute atomic E-state index is 0.105. The number of nitrogens with zero attached hydrogens (tertiary/aromatic N) is 2. The molecule has 1 aromatic carbocycles. The Balaban J connectivity index is 2.24. The molecule has 1 amide bonds. The lowest BCUT2D eigenvalue weighted by molar-refractivity contribution is 0.0934. The van der Waals surface area contributed by atoms with Crippen molar-refractivity contribution in [1.82, 2.24) is 15.3 Å². The van der Waals surface area contributed by atoms with Gasteiger partial charge in [-0.3, -0.25) is 4.79 Å². The maximum Gasteiger partial charge on any atom is 0.256 e. The summed E-state index contributed by atoms with van der Waals surface area (Å²) in [6.45, 7) is 11.9. The van der Waals surface area contributed by atoms with Gasteiger partial charge in [-0.2, -0.15) is 0 Å². The van der Waals surface area contributed by atoms with Crippen molar-refractivity contribution in [2.75, 3.05) is 6.26 Å². The summed E-state index contributed by atoms with van der Waals surface area (Å²) in [4.78, 5) is 22.0. The number of benzene rings is 1. The van der Waals surface area contributed by atoms with Crippen molar-refractivity contribution in [2.45, 2.75) is 64.6 Å². The Morgan fingerprint density at radius 2 is 1.85 bits per heavy atom. The zero-order chi connectivity index (χ0) is 20.1. The molecule has 0 aliphatic heterocycles. The zero-order valence-corrected chi connectivity index (χ0v) is 18.0. The highest BCUT2D eigenvalue weighted by molar-refractivity contribution is 7.98. The summed E-state index contributed by atoms with van der Waals surface area (Å²) in [5, 5.41) is 3.78. The number of hydrogen-bond acceptors (Lipinski definition) is 5. The number of nitrogens with one attached hydrogen (secondary N) is 1. The zero-order valence-electron chi connectivity index (χ0n) is 17.2. The first kappa shape index (κ1) is 21.2. The third-order valence-electron chi connectivity index (χ3n) is 4.09. The number of thioether (sulfide) groups is 1. The largest absolute Gasteiger partial charge is 0.491 e. The normalized spacial score (nSPS) is 12.3. The summed E-state index contributed by atoms with van der Waals surface area (Å²) in [5.74, 6) is 1.62. The van der Waals surface area contributed by atoms with E-state index in [4.69, 9.17) is 4.74 Å². The van der Waals surface area contributed by atoms with Crippen molar-refractivity contribution in [3.63, 3.8) is 0 Å². The van der Waals surface area contributed by atoms with E-state index in [0.29, 0.717) is 16.3 Å². The molecule has 0 spiro atoms. The van der Waals surface area contributed by atoms with Crippen molar-refractivity contribution in [2.24, 2.45) is 0 Å². The number of carbonyl (C=O) groups is 1. The third kappa shape index (κ3) is 5.45. The summed E-state index contributed by atoms with van der Waals surface area (Å²) in [6, 6.07) is 7.65. The Labute approximate surface area is 166 Å². The number of rotatable bonds is 7. The highest BCUT2D eigenvalue weighted by Crippen LogP contribution is 2.25. The van der Waals surface area contributed by atoms with Gasteiger partial charge >= 0.3 is 0 Å². The Kier molecular flexibility index (Phi) is 7.25. The lowest BCUT2D eigenvalue weighted by atomic mass is 10.1. The van der Waals surface area contributed by atoms with Gasteiger partial charge in [-0.15, -0.1) is 11.8 Å². The first-order valence-electron chi connectivity index (χ1n) is 9.22. The van der Waals surface area contributed by atoms with Crippen molar-refractivity contribution >= 4 is 17.7 Å². The highest BCUT2D eigenvalue weighted by Gasteiger charge is 2.21. The van der Waals surface area contributed by atoms with Gasteiger partial charge in [0.25, 0.3) is 5.91 Å². The molecule has 0 saturated carbocycles. The van der Waals surface area contributed by atoms with E-state index in [9.17, 15) is 4.79 Å². The molecule has 146 valence electrons. The average molecular weight is 388 g/mol. The molecule has 1 N–H and O–H groups in total. The van der Waals surface area contributed by atoms with Crippen LogP contribution in [-0.2, 0) is 0 Å². The molecule has 0 aliphatic rings. The molecular weight excluding hydrogens is 358 g/mol. The fourth-order valence-corrected chi connectivity index (χ4v) is 3.35. The van der Waals surface area contributed by atoms with Crippen molar-refractivity contribution in [3.05, 3.63) is 46.9 Å². The topological polar surface area (TPSA) is 64.1 Å². The van der Waals surface area contributed by atoms with Crippen LogP contribution in [-0.4, -0.2) is 28.2 Å². The molecule has 0 bridgehead atoms. The standard InChI is InChI=1S/C21H29N3O2S/c1-12(2)19-22-15(6)18(21(24-19)27-7)20(25)23-14(5)16-9-8-10-17(11-16)26-13(3)4/h8-14H,1-7H3,(H,23,25). The fourth-order valence-electron chi connectivity index (χ4n) is 2.72. The Morgan fingerprint density at radius 1 is 1.15 bits per heavy atom. The van der Waals surface area contributed by atoms with E-state index in [0.717, 1.165) is 17.1 Å². The first-order chi connectivity index (χ1) is 12.7. The van der Waals surface area contributed by atoms with E-state index in [1.54, 1.807) is 0 Å². The van der Waals surface area contributed by atoms with Gasteiger partial charge in [0.05, 0.1) is 23.4 Å². The van der Waals surface area contributed by atoms with Crippen LogP contribution in [0.4, 0.5) is 0 Å². The lowest BCUT2D eigenvalue weighted by Crippen LogP contribution is -2.28. The number of ether oxygens (including phenoxy) is 1. The van der Waals surface area contributed by atoms with Crippen LogP contribution in [0.5, 0.6) is 5.75 Å². The molecule has 1 unspecified atom stereocenters. The molecule has 2 rings (SSSR count). The minimum Gasteiger partial charge on any atom is -0.491 e. The van der Waals surface area contributed by atoms with Crippen LogP contribution in [0.2, 0.25) is 0 Å². The molecule has 1 aromatic heterocycles. The molecule has 0 saturated heterocycles. The van der Waals surface area contributed by atoms with E-state index >= 15 is 0 Å². The maximum atomic E-state index is 12.9. The fraction of sp³-hybridized carbons (Fsp3) is 0.476. The van der Waals surface area contributed by atoms with Crippen LogP contribution < -0.4 is 10.1 Å². The second-order valence-electron chi connectivity index (χ2n) is 7.14. The number of aromatic nitrogens is 2. The molecule has 6 heteroatoms. The SMILES string of the molecule is CSc1nc(C(C)C)nc(C)c1C(=O)NC(C)c1cccc(OC(C)C)c1. The smallest absolute Gasteiger partial charge is 0.256 e. The highest BCUT2D eigenvalue weighted by atomic mass is 32.2. The van der Waals surface area contributed by atoms with Crippen LogP contribution in [0, 0.1) is 6.92 Å². The molecule has 1 heterocycles. The van der Waals surface area contributed by atoms with Gasteiger partial charge in [-0.25, -0.2) is 9.97 Å². The van der Waals surface area contributed by atoms with E-state index in [-0.39, 0.29) is 24.0 Å². The molecule has 2 aromatic rings. The van der Waals surface area contributed by atoms with Crippen LogP contribution in [0.1, 0.15) is 74.0 Å². The van der Waals surface area contributed by atoms with Gasteiger partial charge < -0.3 is 10.1 Å². The summed E-state index contributed by atoms with van der Waals surface area (Å²) >= 11 is 1.47. The second kappa shape index (κ2) is 9.22. The third-order valence-corrected chi connectivity index (χ3v) is 4.77. The number of amides is 1. The minimum atomic E-state index is -0.160. The predicted octanol–water partition coefficient (Wildman–Crippen LogP) is 4.91. The molecule has 0 radical (unpaired) electrons. The molecule has 0 aliphatic carbocycles. The first-order valence-corrected chi connectivity index (χ1v) is 10.4. The lowest BCUT2D eigenvalue weighted by Gasteiger charge is -2.18. The van der Waals surface area contributed by atoms with Crippen LogP contribution >= 0.6 is 11.8 Å². The van der Waals surface area contributed by atoms with Crippen LogP contribution in [0.25, 0.3) is 0 Å². The van der Waals surface area contributed by atoms with Crippen LogP contribution in [0.3, 0.4) is 0 Å². The average Bonchev–Trinajstić information content (AvgIpc) is 2.60. The molecule has 0 fully saturated rings. The quantitative estimate of drug-likeness (QED) is 0.540. The van der Waals surface area contributed by atoms with Gasteiger partial charge in [0, 0.05) is 5.92 Å². The monoisotopic (exact) mass is 387 g/mol. The number of carbonyl (C=O) groups excluding carboxylic acids is 1. The van der Waals surface area contributed by atoms with Gasteiger partial charge in [0.15, 0.2) is 0 Å². The molecule has 27 heavy (non-hydrogen) atoms. The van der Waals surface area contributed by atoms with Gasteiger partial charge in [0.1, 0.15) is 16.6 Å². The van der Waals surface area contributed by atoms with Gasteiger partial charge in [0.2, 0.25) is 0 Å². The summed E-state index contributed by atoms with van der Waals surface area (Å²) < 4.78 is 5.75. The Morgan fingerprint density at radius 3 is 2.44 bits per heavy atom. The van der Waals surface area contributed by atoms with Gasteiger partial charge in [-0.1, -0.05) is 26.0 Å². The number of aryl methyl sites for hydroxylation is 1. The van der Waals surface area contributed by atoms with Crippen molar-refractivity contribution in [3.8, 4) is 5.75 Å². The summed E-state index contributed by atoms with van der Waals surface area (Å²) in [7, 11) is 0. The summed E-state index contributed by atoms with van der Waals surface area (Å²) in [5.41, 5.74) is 2.25. The predicted molar refractivity (Wildman–Crippen MR) is 111 cm³/mol. The van der Waals surface area contributed by atoms with Crippen molar-refractivity contribution < 1.29 is 9.53 Å². The summed E-state index contributed by atoms with van der Waals surface area (Å²) in [6.07, 6.45) is 2.03. The molecule has 5 nitrogen and oxygen atoms in total. The molecular formula is C21H29N3O2S.